The number of anilines is 2. The van der Waals surface area contributed by atoms with Gasteiger partial charge < -0.3 is 15.4 Å². The summed E-state index contributed by atoms with van der Waals surface area (Å²) in [7, 11) is 1.64. The van der Waals surface area contributed by atoms with E-state index in [0.717, 1.165) is 28.1 Å². The average molecular weight is 362 g/mol. The lowest BCUT2D eigenvalue weighted by atomic mass is 10.1. The molecule has 3 aromatic rings. The van der Waals surface area contributed by atoms with Gasteiger partial charge in [0.05, 0.1) is 12.7 Å². The van der Waals surface area contributed by atoms with E-state index in [0.29, 0.717) is 18.1 Å². The second-order valence-corrected chi connectivity index (χ2v) is 6.27. The van der Waals surface area contributed by atoms with E-state index in [1.165, 1.54) is 12.4 Å². The minimum atomic E-state index is -0.231. The zero-order chi connectivity index (χ0) is 19.2. The Balaban J connectivity index is 1.60. The number of hydrogen-bond donors (Lipinski definition) is 2. The molecule has 1 heterocycles. The van der Waals surface area contributed by atoms with Crippen LogP contribution in [0.15, 0.2) is 54.9 Å². The highest BCUT2D eigenvalue weighted by atomic mass is 16.5. The van der Waals surface area contributed by atoms with Gasteiger partial charge in [0.2, 0.25) is 5.95 Å². The van der Waals surface area contributed by atoms with Crippen molar-refractivity contribution in [2.45, 2.75) is 20.4 Å². The molecule has 0 fully saturated rings. The van der Waals surface area contributed by atoms with E-state index in [-0.39, 0.29) is 5.91 Å². The van der Waals surface area contributed by atoms with E-state index in [9.17, 15) is 4.79 Å². The van der Waals surface area contributed by atoms with E-state index in [1.54, 1.807) is 7.11 Å². The topological polar surface area (TPSA) is 76.1 Å². The number of benzene rings is 2. The number of hydrogen-bond acceptors (Lipinski definition) is 5. The molecule has 0 aliphatic heterocycles. The molecule has 0 aliphatic rings. The quantitative estimate of drug-likeness (QED) is 0.694. The third kappa shape index (κ3) is 4.82. The van der Waals surface area contributed by atoms with Crippen molar-refractivity contribution < 1.29 is 9.53 Å². The van der Waals surface area contributed by atoms with E-state index in [4.69, 9.17) is 4.74 Å². The molecule has 0 aliphatic carbocycles. The van der Waals surface area contributed by atoms with Gasteiger partial charge in [-0.05, 0) is 48.7 Å². The molecule has 0 bridgehead atoms. The average Bonchev–Trinajstić information content (AvgIpc) is 2.70. The van der Waals surface area contributed by atoms with E-state index >= 15 is 0 Å². The Hall–Kier alpha value is -3.41. The number of nitrogens with one attached hydrogen (secondary N) is 2. The molecule has 6 nitrogen and oxygen atoms in total. The highest BCUT2D eigenvalue weighted by molar-refractivity contribution is 6.04. The van der Waals surface area contributed by atoms with Crippen LogP contribution in [0.3, 0.4) is 0 Å². The minimum absolute atomic E-state index is 0.231. The van der Waals surface area contributed by atoms with Gasteiger partial charge in [-0.15, -0.1) is 0 Å². The van der Waals surface area contributed by atoms with Crippen LogP contribution in [0.25, 0.3) is 0 Å². The van der Waals surface area contributed by atoms with Gasteiger partial charge in [0.1, 0.15) is 5.75 Å². The van der Waals surface area contributed by atoms with Gasteiger partial charge in [-0.3, -0.25) is 4.79 Å². The van der Waals surface area contributed by atoms with Crippen LogP contribution in [-0.2, 0) is 6.54 Å². The summed E-state index contributed by atoms with van der Waals surface area (Å²) in [4.78, 5) is 20.9. The SMILES string of the molecule is COc1ccc(CNc2ncc(C(=O)Nc3cc(C)ccc3C)cn2)cc1. The number of aryl methyl sites for hydroxylation is 2. The molecule has 0 atom stereocenters. The van der Waals surface area contributed by atoms with Crippen molar-refractivity contribution in [3.05, 3.63) is 77.1 Å². The summed E-state index contributed by atoms with van der Waals surface area (Å²) >= 11 is 0. The molecule has 27 heavy (non-hydrogen) atoms. The van der Waals surface area contributed by atoms with Gasteiger partial charge in [-0.25, -0.2) is 9.97 Å². The number of ether oxygens (including phenoxy) is 1. The largest absolute Gasteiger partial charge is 0.497 e. The van der Waals surface area contributed by atoms with Gasteiger partial charge in [-0.2, -0.15) is 0 Å². The molecule has 0 radical (unpaired) electrons. The van der Waals surface area contributed by atoms with Gasteiger partial charge in [0.15, 0.2) is 0 Å². The summed E-state index contributed by atoms with van der Waals surface area (Å²) in [5, 5.41) is 6.04. The Morgan fingerprint density at radius 1 is 1.04 bits per heavy atom. The molecule has 2 aromatic carbocycles. The second kappa shape index (κ2) is 8.31. The van der Waals surface area contributed by atoms with Crippen LogP contribution < -0.4 is 15.4 Å². The molecule has 0 unspecified atom stereocenters. The van der Waals surface area contributed by atoms with Crippen LogP contribution >= 0.6 is 0 Å². The maximum Gasteiger partial charge on any atom is 0.258 e. The fourth-order valence-corrected chi connectivity index (χ4v) is 2.53. The molecular formula is C21H22N4O2. The summed E-state index contributed by atoms with van der Waals surface area (Å²) < 4.78 is 5.14. The van der Waals surface area contributed by atoms with Crippen molar-refractivity contribution in [2.75, 3.05) is 17.7 Å². The number of carbonyl (C=O) groups excluding carboxylic acids is 1. The predicted octanol–water partition coefficient (Wildman–Crippen LogP) is 3.97. The van der Waals surface area contributed by atoms with E-state index in [1.807, 2.05) is 56.3 Å². The zero-order valence-electron chi connectivity index (χ0n) is 15.6. The predicted molar refractivity (Wildman–Crippen MR) is 106 cm³/mol. The van der Waals surface area contributed by atoms with Crippen LogP contribution in [0.1, 0.15) is 27.0 Å². The molecule has 3 rings (SSSR count). The Morgan fingerprint density at radius 3 is 2.41 bits per heavy atom. The summed E-state index contributed by atoms with van der Waals surface area (Å²) in [6.07, 6.45) is 3.04. The van der Waals surface area contributed by atoms with Crippen molar-refractivity contribution in [1.29, 1.82) is 0 Å². The summed E-state index contributed by atoms with van der Waals surface area (Å²) in [5.74, 6) is 1.05. The van der Waals surface area contributed by atoms with E-state index in [2.05, 4.69) is 20.6 Å². The highest BCUT2D eigenvalue weighted by Gasteiger charge is 2.09. The molecule has 2 N–H and O–H groups in total. The smallest absolute Gasteiger partial charge is 0.258 e. The monoisotopic (exact) mass is 362 g/mol. The first-order valence-electron chi connectivity index (χ1n) is 8.62. The number of carbonyl (C=O) groups is 1. The van der Waals surface area contributed by atoms with Crippen molar-refractivity contribution in [1.82, 2.24) is 9.97 Å². The minimum Gasteiger partial charge on any atom is -0.497 e. The Labute approximate surface area is 158 Å². The van der Waals surface area contributed by atoms with Crippen molar-refractivity contribution in [3.8, 4) is 5.75 Å². The lowest BCUT2D eigenvalue weighted by Gasteiger charge is -2.10. The van der Waals surface area contributed by atoms with Gasteiger partial charge in [0, 0.05) is 24.6 Å². The van der Waals surface area contributed by atoms with Gasteiger partial charge >= 0.3 is 0 Å². The standard InChI is InChI=1S/C21H22N4O2/c1-14-4-5-15(2)19(10-14)25-20(26)17-12-23-21(24-13-17)22-11-16-6-8-18(27-3)9-7-16/h4-10,12-13H,11H2,1-3H3,(H,25,26)(H,22,23,24). The number of amides is 1. The second-order valence-electron chi connectivity index (χ2n) is 6.27. The Kier molecular flexibility index (Phi) is 5.66. The van der Waals surface area contributed by atoms with Crippen LogP contribution in [0.4, 0.5) is 11.6 Å². The first-order chi connectivity index (χ1) is 13.0. The molecular weight excluding hydrogens is 340 g/mol. The fraction of sp³-hybridized carbons (Fsp3) is 0.190. The first kappa shape index (κ1) is 18.4. The number of rotatable bonds is 6. The van der Waals surface area contributed by atoms with Crippen LogP contribution in [-0.4, -0.2) is 23.0 Å². The van der Waals surface area contributed by atoms with Crippen LogP contribution in [0, 0.1) is 13.8 Å². The lowest BCUT2D eigenvalue weighted by Crippen LogP contribution is -2.14. The summed E-state index contributed by atoms with van der Waals surface area (Å²) in [6, 6.07) is 13.7. The molecule has 0 saturated heterocycles. The molecule has 6 heteroatoms. The molecule has 0 saturated carbocycles. The van der Waals surface area contributed by atoms with Crippen molar-refractivity contribution >= 4 is 17.5 Å². The normalized spacial score (nSPS) is 10.3. The number of methoxy groups -OCH3 is 1. The third-order valence-corrected chi connectivity index (χ3v) is 4.16. The molecule has 0 spiro atoms. The first-order valence-corrected chi connectivity index (χ1v) is 8.62. The summed E-state index contributed by atoms with van der Waals surface area (Å²) in [6.45, 7) is 4.53. The van der Waals surface area contributed by atoms with Gasteiger partial charge in [-0.1, -0.05) is 24.3 Å². The van der Waals surface area contributed by atoms with Gasteiger partial charge in [0.25, 0.3) is 5.91 Å². The Morgan fingerprint density at radius 2 is 1.74 bits per heavy atom. The highest BCUT2D eigenvalue weighted by Crippen LogP contribution is 2.17. The number of nitrogens with zero attached hydrogens (tertiary/aromatic N) is 2. The fourth-order valence-electron chi connectivity index (χ4n) is 2.53. The van der Waals surface area contributed by atoms with E-state index < -0.39 is 0 Å². The van der Waals surface area contributed by atoms with Crippen LogP contribution in [0.2, 0.25) is 0 Å². The Bertz CT molecular complexity index is 922. The molecule has 1 aromatic heterocycles. The van der Waals surface area contributed by atoms with Crippen LogP contribution in [0.5, 0.6) is 5.75 Å². The lowest BCUT2D eigenvalue weighted by molar-refractivity contribution is 0.102. The maximum absolute atomic E-state index is 12.4. The zero-order valence-corrected chi connectivity index (χ0v) is 15.6. The van der Waals surface area contributed by atoms with Crippen molar-refractivity contribution in [3.63, 3.8) is 0 Å². The number of aromatic nitrogens is 2. The third-order valence-electron chi connectivity index (χ3n) is 4.16. The maximum atomic E-state index is 12.4. The van der Waals surface area contributed by atoms with Crippen molar-refractivity contribution in [2.24, 2.45) is 0 Å². The summed E-state index contributed by atoms with van der Waals surface area (Å²) in [5.41, 5.74) is 4.38. The molecule has 138 valence electrons. The molecule has 1 amide bonds.